The van der Waals surface area contributed by atoms with Gasteiger partial charge >= 0.3 is 0 Å². The first-order valence-electron chi connectivity index (χ1n) is 4.02. The van der Waals surface area contributed by atoms with Crippen LogP contribution in [0, 0.1) is 0 Å². The van der Waals surface area contributed by atoms with Crippen LogP contribution >= 0.6 is 34.8 Å². The summed E-state index contributed by atoms with van der Waals surface area (Å²) in [4.78, 5) is 0. The zero-order chi connectivity index (χ0) is 10.4. The third kappa shape index (κ3) is 4.23. The number of alkyl halides is 1. The van der Waals surface area contributed by atoms with Gasteiger partial charge in [0.1, 0.15) is 12.4 Å². The van der Waals surface area contributed by atoms with Crippen molar-refractivity contribution in [2.75, 3.05) is 12.5 Å². The quantitative estimate of drug-likeness (QED) is 0.576. The van der Waals surface area contributed by atoms with E-state index in [9.17, 15) is 0 Å². The molecule has 0 aliphatic rings. The first-order chi connectivity index (χ1) is 6.72. The molecule has 0 heterocycles. The molecule has 1 nitrogen and oxygen atoms in total. The van der Waals surface area contributed by atoms with E-state index >= 15 is 0 Å². The summed E-state index contributed by atoms with van der Waals surface area (Å²) in [6, 6.07) is 5.08. The summed E-state index contributed by atoms with van der Waals surface area (Å²) < 4.78 is 5.36. The largest absolute Gasteiger partial charge is 0.489 e. The van der Waals surface area contributed by atoms with Gasteiger partial charge in [0.05, 0.1) is 0 Å². The molecule has 14 heavy (non-hydrogen) atoms. The zero-order valence-corrected chi connectivity index (χ0v) is 9.61. The van der Waals surface area contributed by atoms with Crippen LogP contribution in [0.2, 0.25) is 10.0 Å². The molecule has 0 aliphatic carbocycles. The molecule has 1 rings (SSSR count). The lowest BCUT2D eigenvalue weighted by atomic mass is 10.3. The highest BCUT2D eigenvalue weighted by Crippen LogP contribution is 2.23. The van der Waals surface area contributed by atoms with Crippen LogP contribution in [-0.4, -0.2) is 12.5 Å². The van der Waals surface area contributed by atoms with Crippen molar-refractivity contribution < 1.29 is 4.74 Å². The highest BCUT2D eigenvalue weighted by atomic mass is 35.5. The Kier molecular flexibility index (Phi) is 5.16. The fourth-order valence-corrected chi connectivity index (χ4v) is 1.52. The number of hydrogen-bond acceptors (Lipinski definition) is 1. The van der Waals surface area contributed by atoms with E-state index in [4.69, 9.17) is 39.5 Å². The highest BCUT2D eigenvalue weighted by Gasteiger charge is 1.97. The van der Waals surface area contributed by atoms with Crippen molar-refractivity contribution in [2.45, 2.75) is 0 Å². The summed E-state index contributed by atoms with van der Waals surface area (Å²) in [5.41, 5.74) is 0. The van der Waals surface area contributed by atoms with E-state index in [0.29, 0.717) is 28.3 Å². The fourth-order valence-electron chi connectivity index (χ4n) is 0.887. The predicted octanol–water partition coefficient (Wildman–Crippen LogP) is 4.17. The molecule has 0 bridgehead atoms. The van der Waals surface area contributed by atoms with Gasteiger partial charge in [0, 0.05) is 15.9 Å². The van der Waals surface area contributed by atoms with Crippen LogP contribution in [0.15, 0.2) is 30.4 Å². The summed E-state index contributed by atoms with van der Waals surface area (Å²) >= 11 is 17.0. The smallest absolute Gasteiger partial charge is 0.122 e. The summed E-state index contributed by atoms with van der Waals surface area (Å²) in [6.07, 6.45) is 3.65. The van der Waals surface area contributed by atoms with E-state index < -0.39 is 0 Å². The average Bonchev–Trinajstić information content (AvgIpc) is 2.11. The van der Waals surface area contributed by atoms with E-state index in [2.05, 4.69) is 0 Å². The zero-order valence-electron chi connectivity index (χ0n) is 7.34. The number of rotatable bonds is 4. The van der Waals surface area contributed by atoms with Crippen LogP contribution in [0.1, 0.15) is 0 Å². The Balaban J connectivity index is 2.54. The van der Waals surface area contributed by atoms with Gasteiger partial charge < -0.3 is 4.74 Å². The summed E-state index contributed by atoms with van der Waals surface area (Å²) in [6.45, 7) is 0.462. The topological polar surface area (TPSA) is 9.23 Å². The Hall–Kier alpha value is -0.370. The molecule has 76 valence electrons. The SMILES string of the molecule is ClCC=CCOc1cc(Cl)cc(Cl)c1. The van der Waals surface area contributed by atoms with Crippen LogP contribution in [-0.2, 0) is 0 Å². The van der Waals surface area contributed by atoms with Crippen LogP contribution in [0.3, 0.4) is 0 Å². The van der Waals surface area contributed by atoms with Crippen molar-refractivity contribution in [3.8, 4) is 5.75 Å². The predicted molar refractivity (Wildman–Crippen MR) is 61.8 cm³/mol. The van der Waals surface area contributed by atoms with Gasteiger partial charge in [-0.15, -0.1) is 11.6 Å². The van der Waals surface area contributed by atoms with Crippen molar-refractivity contribution in [1.82, 2.24) is 0 Å². The van der Waals surface area contributed by atoms with Crippen molar-refractivity contribution >= 4 is 34.8 Å². The van der Waals surface area contributed by atoms with Gasteiger partial charge in [-0.25, -0.2) is 0 Å². The molecule has 0 aliphatic heterocycles. The average molecular weight is 252 g/mol. The van der Waals surface area contributed by atoms with Gasteiger partial charge in [0.15, 0.2) is 0 Å². The number of allylic oxidation sites excluding steroid dienone is 1. The Morgan fingerprint density at radius 1 is 1.07 bits per heavy atom. The molecule has 0 atom stereocenters. The summed E-state index contributed by atoms with van der Waals surface area (Å²) in [5, 5.41) is 1.13. The summed E-state index contributed by atoms with van der Waals surface area (Å²) in [7, 11) is 0. The third-order valence-corrected chi connectivity index (χ3v) is 2.05. The molecule has 1 aromatic rings. The lowest BCUT2D eigenvalue weighted by Gasteiger charge is -2.03. The maximum absolute atomic E-state index is 5.79. The maximum Gasteiger partial charge on any atom is 0.122 e. The van der Waals surface area contributed by atoms with Crippen molar-refractivity contribution in [2.24, 2.45) is 0 Å². The van der Waals surface area contributed by atoms with Gasteiger partial charge in [0.25, 0.3) is 0 Å². The van der Waals surface area contributed by atoms with Crippen LogP contribution in [0.5, 0.6) is 5.75 Å². The van der Waals surface area contributed by atoms with E-state index in [-0.39, 0.29) is 0 Å². The molecule has 0 radical (unpaired) electrons. The second-order valence-corrected chi connectivity index (χ2v) is 3.72. The second-order valence-electron chi connectivity index (χ2n) is 2.54. The lowest BCUT2D eigenvalue weighted by molar-refractivity contribution is 0.363. The van der Waals surface area contributed by atoms with Gasteiger partial charge in [-0.1, -0.05) is 35.4 Å². The molecule has 0 saturated heterocycles. The van der Waals surface area contributed by atoms with E-state index in [1.807, 2.05) is 12.2 Å². The number of hydrogen-bond donors (Lipinski definition) is 0. The van der Waals surface area contributed by atoms with Gasteiger partial charge in [-0.05, 0) is 18.2 Å². The van der Waals surface area contributed by atoms with Gasteiger partial charge in [-0.2, -0.15) is 0 Å². The molecule has 0 unspecified atom stereocenters. The van der Waals surface area contributed by atoms with Crippen LogP contribution in [0.25, 0.3) is 0 Å². The summed E-state index contributed by atoms with van der Waals surface area (Å²) in [5.74, 6) is 1.14. The number of halogens is 3. The molecule has 0 aromatic heterocycles. The minimum absolute atomic E-state index is 0.462. The second kappa shape index (κ2) is 6.18. The molecular formula is C10H9Cl3O. The Labute approximate surface area is 98.2 Å². The van der Waals surface area contributed by atoms with Crippen LogP contribution in [0.4, 0.5) is 0 Å². The monoisotopic (exact) mass is 250 g/mol. The van der Waals surface area contributed by atoms with E-state index in [1.165, 1.54) is 0 Å². The first kappa shape index (κ1) is 11.7. The Bertz CT molecular complexity index is 303. The molecule has 0 spiro atoms. The first-order valence-corrected chi connectivity index (χ1v) is 5.31. The normalized spacial score (nSPS) is 10.8. The van der Waals surface area contributed by atoms with E-state index in [1.54, 1.807) is 18.2 Å². The van der Waals surface area contributed by atoms with E-state index in [0.717, 1.165) is 0 Å². The Morgan fingerprint density at radius 3 is 2.29 bits per heavy atom. The molecule has 0 N–H and O–H groups in total. The maximum atomic E-state index is 5.79. The standard InChI is InChI=1S/C10H9Cl3O/c11-3-1-2-4-14-10-6-8(12)5-9(13)7-10/h1-2,5-7H,3-4H2. The molecule has 0 saturated carbocycles. The lowest BCUT2D eigenvalue weighted by Crippen LogP contribution is -1.93. The highest BCUT2D eigenvalue weighted by molar-refractivity contribution is 6.34. The molecular weight excluding hydrogens is 242 g/mol. The third-order valence-electron chi connectivity index (χ3n) is 1.44. The number of ether oxygens (including phenoxy) is 1. The minimum Gasteiger partial charge on any atom is -0.489 e. The van der Waals surface area contributed by atoms with Crippen molar-refractivity contribution in [3.63, 3.8) is 0 Å². The number of benzene rings is 1. The molecule has 0 fully saturated rings. The van der Waals surface area contributed by atoms with Crippen molar-refractivity contribution in [1.29, 1.82) is 0 Å². The van der Waals surface area contributed by atoms with Crippen molar-refractivity contribution in [3.05, 3.63) is 40.4 Å². The fraction of sp³-hybridized carbons (Fsp3) is 0.200. The minimum atomic E-state index is 0.462. The van der Waals surface area contributed by atoms with Gasteiger partial charge in [0.2, 0.25) is 0 Å². The van der Waals surface area contributed by atoms with Crippen LogP contribution < -0.4 is 4.74 Å². The molecule has 1 aromatic carbocycles. The Morgan fingerprint density at radius 2 is 1.71 bits per heavy atom. The molecule has 0 amide bonds. The molecule has 4 heteroatoms. The van der Waals surface area contributed by atoms with Gasteiger partial charge in [-0.3, -0.25) is 0 Å².